The minimum Gasteiger partial charge on any atom is -0.0853 e. The Balaban J connectivity index is 2.68. The Kier molecular flexibility index (Phi) is 3.58. The summed E-state index contributed by atoms with van der Waals surface area (Å²) in [6.07, 6.45) is 9.25. The Labute approximate surface area is 83.4 Å². The average Bonchev–Trinajstić information content (AvgIpc) is 2.04. The van der Waals surface area contributed by atoms with Crippen molar-refractivity contribution in [3.63, 3.8) is 0 Å². The first kappa shape index (κ1) is 10.8. The van der Waals surface area contributed by atoms with Crippen molar-refractivity contribution in [2.45, 2.75) is 59.8 Å². The molecule has 0 nitrogen and oxygen atoms in total. The molecule has 0 aromatic heterocycles. The van der Waals surface area contributed by atoms with Crippen molar-refractivity contribution in [1.29, 1.82) is 0 Å². The first-order chi connectivity index (χ1) is 6.08. The molecule has 0 radical (unpaired) electrons. The van der Waals surface area contributed by atoms with Gasteiger partial charge in [0.05, 0.1) is 0 Å². The molecule has 0 aromatic carbocycles. The molecule has 1 atom stereocenters. The summed E-state index contributed by atoms with van der Waals surface area (Å²) in [4.78, 5) is 0. The number of hydrogen-bond acceptors (Lipinski definition) is 0. The first-order valence-electron chi connectivity index (χ1n) is 5.74. The van der Waals surface area contributed by atoms with E-state index in [1.54, 1.807) is 5.57 Å². The summed E-state index contributed by atoms with van der Waals surface area (Å²) in [7, 11) is 0. The third-order valence-electron chi connectivity index (χ3n) is 3.55. The van der Waals surface area contributed by atoms with Gasteiger partial charge < -0.3 is 0 Å². The third-order valence-corrected chi connectivity index (χ3v) is 3.55. The molecule has 13 heavy (non-hydrogen) atoms. The normalized spacial score (nSPS) is 24.3. The standard InChI is InChI=1S/C13H24/c1-5-10-13(3,4)12-9-7-6-8-11(12)2/h8,12H,5-7,9-10H2,1-4H3. The molecule has 0 fully saturated rings. The van der Waals surface area contributed by atoms with Crippen molar-refractivity contribution in [3.8, 4) is 0 Å². The van der Waals surface area contributed by atoms with Gasteiger partial charge in [0.15, 0.2) is 0 Å². The van der Waals surface area contributed by atoms with E-state index < -0.39 is 0 Å². The van der Waals surface area contributed by atoms with E-state index in [1.807, 2.05) is 0 Å². The van der Waals surface area contributed by atoms with Crippen molar-refractivity contribution < 1.29 is 0 Å². The van der Waals surface area contributed by atoms with E-state index in [0.717, 1.165) is 5.92 Å². The highest BCUT2D eigenvalue weighted by molar-refractivity contribution is 5.10. The lowest BCUT2D eigenvalue weighted by Gasteiger charge is -2.37. The maximum atomic E-state index is 2.45. The van der Waals surface area contributed by atoms with Gasteiger partial charge in [-0.1, -0.05) is 38.8 Å². The highest BCUT2D eigenvalue weighted by Gasteiger charge is 2.30. The fourth-order valence-corrected chi connectivity index (χ4v) is 2.85. The monoisotopic (exact) mass is 180 g/mol. The first-order valence-corrected chi connectivity index (χ1v) is 5.74. The van der Waals surface area contributed by atoms with E-state index in [0.29, 0.717) is 5.41 Å². The van der Waals surface area contributed by atoms with Crippen LogP contribution in [0, 0.1) is 11.3 Å². The summed E-state index contributed by atoms with van der Waals surface area (Å²) in [5.74, 6) is 0.848. The van der Waals surface area contributed by atoms with Gasteiger partial charge in [0.1, 0.15) is 0 Å². The lowest BCUT2D eigenvalue weighted by atomic mass is 9.68. The van der Waals surface area contributed by atoms with Gasteiger partial charge in [-0.15, -0.1) is 0 Å². The molecule has 0 spiro atoms. The molecule has 1 unspecified atom stereocenters. The van der Waals surface area contributed by atoms with E-state index in [9.17, 15) is 0 Å². The average molecular weight is 180 g/mol. The molecule has 1 rings (SSSR count). The largest absolute Gasteiger partial charge is 0.0853 e. The molecule has 0 amide bonds. The number of hydrogen-bond donors (Lipinski definition) is 0. The van der Waals surface area contributed by atoms with Gasteiger partial charge in [-0.2, -0.15) is 0 Å². The maximum Gasteiger partial charge on any atom is -0.0155 e. The molecular formula is C13H24. The Morgan fingerprint density at radius 3 is 2.69 bits per heavy atom. The second-order valence-corrected chi connectivity index (χ2v) is 5.17. The molecule has 1 aliphatic carbocycles. The van der Waals surface area contributed by atoms with Gasteiger partial charge in [0, 0.05) is 0 Å². The van der Waals surface area contributed by atoms with Crippen LogP contribution < -0.4 is 0 Å². The zero-order valence-electron chi connectivity index (χ0n) is 9.69. The van der Waals surface area contributed by atoms with E-state index >= 15 is 0 Å². The van der Waals surface area contributed by atoms with Gasteiger partial charge in [0.2, 0.25) is 0 Å². The summed E-state index contributed by atoms with van der Waals surface area (Å²) in [5.41, 5.74) is 2.17. The molecule has 0 heteroatoms. The lowest BCUT2D eigenvalue weighted by molar-refractivity contribution is 0.204. The Hall–Kier alpha value is -0.260. The topological polar surface area (TPSA) is 0 Å². The van der Waals surface area contributed by atoms with Crippen LogP contribution in [-0.2, 0) is 0 Å². The van der Waals surface area contributed by atoms with Crippen LogP contribution in [0.15, 0.2) is 11.6 Å². The summed E-state index contributed by atoms with van der Waals surface area (Å²) in [6, 6.07) is 0. The smallest absolute Gasteiger partial charge is 0.0155 e. The molecule has 0 saturated carbocycles. The van der Waals surface area contributed by atoms with Crippen LogP contribution in [0.5, 0.6) is 0 Å². The Morgan fingerprint density at radius 1 is 1.46 bits per heavy atom. The van der Waals surface area contributed by atoms with Gasteiger partial charge in [0.25, 0.3) is 0 Å². The van der Waals surface area contributed by atoms with Crippen LogP contribution in [0.2, 0.25) is 0 Å². The van der Waals surface area contributed by atoms with Crippen LogP contribution in [0.4, 0.5) is 0 Å². The van der Waals surface area contributed by atoms with E-state index in [2.05, 4.69) is 33.8 Å². The van der Waals surface area contributed by atoms with Crippen LogP contribution in [-0.4, -0.2) is 0 Å². The van der Waals surface area contributed by atoms with Gasteiger partial charge in [-0.05, 0) is 43.9 Å². The van der Waals surface area contributed by atoms with E-state index in [1.165, 1.54) is 32.1 Å². The van der Waals surface area contributed by atoms with Crippen LogP contribution in [0.3, 0.4) is 0 Å². The minimum absolute atomic E-state index is 0.524. The van der Waals surface area contributed by atoms with Crippen LogP contribution >= 0.6 is 0 Å². The SMILES string of the molecule is CCCC(C)(C)C1CCCC=C1C. The zero-order chi connectivity index (χ0) is 9.90. The van der Waals surface area contributed by atoms with Crippen LogP contribution in [0.1, 0.15) is 59.8 Å². The molecule has 0 aliphatic heterocycles. The molecular weight excluding hydrogens is 156 g/mol. The van der Waals surface area contributed by atoms with Gasteiger partial charge in [-0.3, -0.25) is 0 Å². The fourth-order valence-electron chi connectivity index (χ4n) is 2.85. The van der Waals surface area contributed by atoms with Crippen molar-refractivity contribution in [3.05, 3.63) is 11.6 Å². The highest BCUT2D eigenvalue weighted by Crippen LogP contribution is 2.41. The molecule has 0 heterocycles. The maximum absolute atomic E-state index is 2.45. The quantitative estimate of drug-likeness (QED) is 0.558. The number of allylic oxidation sites excluding steroid dienone is 2. The molecule has 0 bridgehead atoms. The fraction of sp³-hybridized carbons (Fsp3) is 0.846. The Morgan fingerprint density at radius 2 is 2.15 bits per heavy atom. The molecule has 0 aromatic rings. The molecule has 0 saturated heterocycles. The Bertz CT molecular complexity index is 186. The summed E-state index contributed by atoms with van der Waals surface area (Å²) < 4.78 is 0. The summed E-state index contributed by atoms with van der Waals surface area (Å²) in [6.45, 7) is 9.48. The van der Waals surface area contributed by atoms with Crippen LogP contribution in [0.25, 0.3) is 0 Å². The van der Waals surface area contributed by atoms with E-state index in [-0.39, 0.29) is 0 Å². The van der Waals surface area contributed by atoms with Crippen molar-refractivity contribution in [1.82, 2.24) is 0 Å². The second-order valence-electron chi connectivity index (χ2n) is 5.17. The third kappa shape index (κ3) is 2.59. The molecule has 76 valence electrons. The van der Waals surface area contributed by atoms with Gasteiger partial charge in [-0.25, -0.2) is 0 Å². The lowest BCUT2D eigenvalue weighted by Crippen LogP contribution is -2.26. The molecule has 1 aliphatic rings. The summed E-state index contributed by atoms with van der Waals surface area (Å²) in [5, 5.41) is 0. The molecule has 0 N–H and O–H groups in total. The van der Waals surface area contributed by atoms with Gasteiger partial charge >= 0.3 is 0 Å². The second kappa shape index (κ2) is 4.30. The number of rotatable bonds is 3. The highest BCUT2D eigenvalue weighted by atomic mass is 14.3. The zero-order valence-corrected chi connectivity index (χ0v) is 9.69. The minimum atomic E-state index is 0.524. The predicted molar refractivity (Wildman–Crippen MR) is 59.8 cm³/mol. The predicted octanol–water partition coefficient (Wildman–Crippen LogP) is 4.56. The van der Waals surface area contributed by atoms with E-state index in [4.69, 9.17) is 0 Å². The summed E-state index contributed by atoms with van der Waals surface area (Å²) >= 11 is 0. The van der Waals surface area contributed by atoms with Crippen molar-refractivity contribution in [2.75, 3.05) is 0 Å². The van der Waals surface area contributed by atoms with Crippen molar-refractivity contribution >= 4 is 0 Å². The van der Waals surface area contributed by atoms with Crippen molar-refractivity contribution in [2.24, 2.45) is 11.3 Å².